The second-order valence-electron chi connectivity index (χ2n) is 5.24. The summed E-state index contributed by atoms with van der Waals surface area (Å²) < 4.78 is 0. The van der Waals surface area contributed by atoms with Crippen LogP contribution in [-0.4, -0.2) is 35.4 Å². The predicted molar refractivity (Wildman–Crippen MR) is 76.1 cm³/mol. The van der Waals surface area contributed by atoms with E-state index in [2.05, 4.69) is 16.4 Å². The minimum atomic E-state index is 0. The minimum Gasteiger partial charge on any atom is -0.333 e. The monoisotopic (exact) mass is 281 g/mol. The highest BCUT2D eigenvalue weighted by Crippen LogP contribution is 2.34. The summed E-state index contributed by atoms with van der Waals surface area (Å²) >= 11 is 0. The fourth-order valence-electron chi connectivity index (χ4n) is 2.56. The molecule has 19 heavy (non-hydrogen) atoms. The molecule has 1 aliphatic heterocycles. The Morgan fingerprint density at radius 2 is 2.32 bits per heavy atom. The van der Waals surface area contributed by atoms with E-state index >= 15 is 0 Å². The Balaban J connectivity index is 0.00000133. The second kappa shape index (κ2) is 6.35. The zero-order chi connectivity index (χ0) is 12.4. The van der Waals surface area contributed by atoms with E-state index in [1.807, 2.05) is 17.2 Å². The zero-order valence-corrected chi connectivity index (χ0v) is 11.7. The lowest BCUT2D eigenvalue weighted by atomic mass is 10.0. The maximum absolute atomic E-state index is 12.3. The molecule has 5 heteroatoms. The summed E-state index contributed by atoms with van der Waals surface area (Å²) in [6.45, 7) is 2.54. The maximum atomic E-state index is 12.3. The molecule has 1 amide bonds. The number of nitrogens with one attached hydrogen (secondary N) is 1. The molecule has 1 N–H and O–H groups in total. The van der Waals surface area contributed by atoms with Gasteiger partial charge < -0.3 is 10.2 Å². The Morgan fingerprint density at radius 3 is 3.00 bits per heavy atom. The minimum absolute atomic E-state index is 0. The number of amides is 1. The molecule has 1 aromatic rings. The quantitative estimate of drug-likeness (QED) is 0.919. The van der Waals surface area contributed by atoms with Crippen molar-refractivity contribution >= 4 is 18.3 Å². The number of aromatic nitrogens is 1. The van der Waals surface area contributed by atoms with E-state index in [0.29, 0.717) is 11.8 Å². The van der Waals surface area contributed by atoms with Crippen molar-refractivity contribution in [1.82, 2.24) is 15.2 Å². The predicted octanol–water partition coefficient (Wildman–Crippen LogP) is 1.78. The summed E-state index contributed by atoms with van der Waals surface area (Å²) in [5, 5.41) is 3.37. The van der Waals surface area contributed by atoms with Gasteiger partial charge in [0.2, 0.25) is 5.91 Å². The lowest BCUT2D eigenvalue weighted by molar-refractivity contribution is -0.134. The molecule has 4 nitrogen and oxygen atoms in total. The highest BCUT2D eigenvalue weighted by Gasteiger charge is 2.32. The van der Waals surface area contributed by atoms with Gasteiger partial charge in [-0.2, -0.15) is 0 Å². The summed E-state index contributed by atoms with van der Waals surface area (Å²) in [5.41, 5.74) is 1.13. The fraction of sp³-hybridized carbons (Fsp3) is 0.571. The molecular formula is C14H20ClN3O. The Hall–Kier alpha value is -1.13. The number of hydrogen-bond donors (Lipinski definition) is 1. The van der Waals surface area contributed by atoms with Gasteiger partial charge in [-0.3, -0.25) is 9.78 Å². The first kappa shape index (κ1) is 14.3. The average molecular weight is 282 g/mol. The largest absolute Gasteiger partial charge is 0.333 e. The summed E-state index contributed by atoms with van der Waals surface area (Å²) in [6, 6.07) is 4.15. The summed E-state index contributed by atoms with van der Waals surface area (Å²) in [6.07, 6.45) is 6.84. The van der Waals surface area contributed by atoms with Crippen LogP contribution in [0.3, 0.4) is 0 Å². The van der Waals surface area contributed by atoms with E-state index < -0.39 is 0 Å². The number of pyridine rings is 1. The molecule has 1 unspecified atom stereocenters. The van der Waals surface area contributed by atoms with E-state index in [4.69, 9.17) is 0 Å². The van der Waals surface area contributed by atoms with Crippen molar-refractivity contribution in [3.63, 3.8) is 0 Å². The third kappa shape index (κ3) is 3.45. The van der Waals surface area contributed by atoms with Gasteiger partial charge >= 0.3 is 0 Å². The molecular weight excluding hydrogens is 262 g/mol. The Kier molecular flexibility index (Phi) is 4.77. The third-order valence-electron chi connectivity index (χ3n) is 3.79. The summed E-state index contributed by atoms with van der Waals surface area (Å²) in [7, 11) is 0. The van der Waals surface area contributed by atoms with Crippen LogP contribution in [0.5, 0.6) is 0 Å². The summed E-state index contributed by atoms with van der Waals surface area (Å²) in [4.78, 5) is 18.5. The number of hydrogen-bond acceptors (Lipinski definition) is 3. The van der Waals surface area contributed by atoms with Crippen LogP contribution in [0.1, 0.15) is 30.9 Å². The smallest absolute Gasteiger partial charge is 0.223 e. The standard InChI is InChI=1S/C14H19N3O.ClH/c18-14(8-11-3-4-11)17-7-6-16-10-13(17)12-2-1-5-15-9-12;/h1-2,5,9,11,13,16H,3-4,6-8,10H2;1H. The van der Waals surface area contributed by atoms with E-state index in [1.165, 1.54) is 12.8 Å². The van der Waals surface area contributed by atoms with Crippen LogP contribution < -0.4 is 5.32 Å². The first-order valence-corrected chi connectivity index (χ1v) is 6.74. The number of carbonyl (C=O) groups is 1. The van der Waals surface area contributed by atoms with Crippen molar-refractivity contribution in [3.8, 4) is 0 Å². The maximum Gasteiger partial charge on any atom is 0.223 e. The number of carbonyl (C=O) groups excluding carboxylic acids is 1. The lowest BCUT2D eigenvalue weighted by Gasteiger charge is -2.36. The number of piperazine rings is 1. The number of halogens is 1. The molecule has 104 valence electrons. The van der Waals surface area contributed by atoms with E-state index in [-0.39, 0.29) is 18.4 Å². The van der Waals surface area contributed by atoms with Gasteiger partial charge in [0.25, 0.3) is 0 Å². The fourth-order valence-corrected chi connectivity index (χ4v) is 2.56. The van der Waals surface area contributed by atoms with Crippen LogP contribution in [0.15, 0.2) is 24.5 Å². The highest BCUT2D eigenvalue weighted by atomic mass is 35.5. The van der Waals surface area contributed by atoms with Crippen molar-refractivity contribution in [3.05, 3.63) is 30.1 Å². The van der Waals surface area contributed by atoms with Gasteiger partial charge in [0.05, 0.1) is 6.04 Å². The first-order valence-electron chi connectivity index (χ1n) is 6.74. The Labute approximate surface area is 120 Å². The molecule has 0 radical (unpaired) electrons. The van der Waals surface area contributed by atoms with E-state index in [9.17, 15) is 4.79 Å². The molecule has 0 bridgehead atoms. The number of rotatable bonds is 3. The molecule has 0 aromatic carbocycles. The van der Waals surface area contributed by atoms with E-state index in [1.54, 1.807) is 6.20 Å². The Bertz CT molecular complexity index is 422. The van der Waals surface area contributed by atoms with Crippen LogP contribution in [0.2, 0.25) is 0 Å². The lowest BCUT2D eigenvalue weighted by Crippen LogP contribution is -2.48. The van der Waals surface area contributed by atoms with Crippen molar-refractivity contribution in [2.24, 2.45) is 5.92 Å². The molecule has 2 fully saturated rings. The van der Waals surface area contributed by atoms with Crippen LogP contribution in [0, 0.1) is 5.92 Å². The third-order valence-corrected chi connectivity index (χ3v) is 3.79. The molecule has 1 atom stereocenters. The van der Waals surface area contributed by atoms with E-state index in [0.717, 1.165) is 31.6 Å². The van der Waals surface area contributed by atoms with Gasteiger partial charge in [0, 0.05) is 38.4 Å². The van der Waals surface area contributed by atoms with Crippen molar-refractivity contribution in [2.45, 2.75) is 25.3 Å². The van der Waals surface area contributed by atoms with Gasteiger partial charge in [0.15, 0.2) is 0 Å². The van der Waals surface area contributed by atoms with Crippen LogP contribution >= 0.6 is 12.4 Å². The molecule has 1 saturated heterocycles. The molecule has 3 rings (SSSR count). The van der Waals surface area contributed by atoms with Crippen LogP contribution in [0.25, 0.3) is 0 Å². The molecule has 1 aliphatic carbocycles. The van der Waals surface area contributed by atoms with Crippen LogP contribution in [0.4, 0.5) is 0 Å². The van der Waals surface area contributed by atoms with Crippen molar-refractivity contribution in [2.75, 3.05) is 19.6 Å². The average Bonchev–Trinajstić information content (AvgIpc) is 3.24. The Morgan fingerprint density at radius 1 is 1.47 bits per heavy atom. The topological polar surface area (TPSA) is 45.2 Å². The van der Waals surface area contributed by atoms with Gasteiger partial charge in [-0.25, -0.2) is 0 Å². The molecule has 1 saturated carbocycles. The SMILES string of the molecule is Cl.O=C(CC1CC1)N1CCNCC1c1cccnc1. The normalized spacial score (nSPS) is 22.7. The highest BCUT2D eigenvalue weighted by molar-refractivity contribution is 5.85. The zero-order valence-electron chi connectivity index (χ0n) is 10.9. The summed E-state index contributed by atoms with van der Waals surface area (Å²) in [5.74, 6) is 0.967. The van der Waals surface area contributed by atoms with Gasteiger partial charge in [-0.1, -0.05) is 6.07 Å². The molecule has 2 heterocycles. The van der Waals surface area contributed by atoms with Crippen LogP contribution in [-0.2, 0) is 4.79 Å². The van der Waals surface area contributed by atoms with Gasteiger partial charge in [-0.05, 0) is 30.4 Å². The first-order chi connectivity index (χ1) is 8.84. The molecule has 1 aromatic heterocycles. The van der Waals surface area contributed by atoms with Crippen molar-refractivity contribution < 1.29 is 4.79 Å². The van der Waals surface area contributed by atoms with Crippen molar-refractivity contribution in [1.29, 1.82) is 0 Å². The molecule has 0 spiro atoms. The van der Waals surface area contributed by atoms with Gasteiger partial charge in [-0.15, -0.1) is 12.4 Å². The molecule has 2 aliphatic rings. The second-order valence-corrected chi connectivity index (χ2v) is 5.24. The van der Waals surface area contributed by atoms with Gasteiger partial charge in [0.1, 0.15) is 0 Å². The number of nitrogens with zero attached hydrogens (tertiary/aromatic N) is 2.